The Morgan fingerprint density at radius 3 is 2.79 bits per heavy atom. The zero-order valence-electron chi connectivity index (χ0n) is 15.3. The fraction of sp³-hybridized carbons (Fsp3) is 0.190. The van der Waals surface area contributed by atoms with Crippen molar-refractivity contribution in [3.8, 4) is 22.8 Å². The lowest BCUT2D eigenvalue weighted by Crippen LogP contribution is -2.29. The molecule has 2 heterocycles. The van der Waals surface area contributed by atoms with Gasteiger partial charge < -0.3 is 14.8 Å². The van der Waals surface area contributed by atoms with Gasteiger partial charge in [0.2, 0.25) is 12.7 Å². The van der Waals surface area contributed by atoms with Gasteiger partial charge in [0.1, 0.15) is 6.54 Å². The Morgan fingerprint density at radius 1 is 1.11 bits per heavy atom. The van der Waals surface area contributed by atoms with E-state index in [2.05, 4.69) is 10.4 Å². The molecule has 0 spiro atoms. The second-order valence-corrected chi connectivity index (χ2v) is 6.34. The van der Waals surface area contributed by atoms with Crippen molar-refractivity contribution in [1.82, 2.24) is 9.78 Å². The van der Waals surface area contributed by atoms with Gasteiger partial charge in [-0.2, -0.15) is 5.10 Å². The molecule has 0 radical (unpaired) electrons. The second-order valence-electron chi connectivity index (χ2n) is 6.34. The molecule has 1 amide bonds. The number of aromatic nitrogens is 2. The minimum atomic E-state index is -0.344. The van der Waals surface area contributed by atoms with Crippen LogP contribution >= 0.6 is 0 Å². The van der Waals surface area contributed by atoms with Crippen LogP contribution in [0.25, 0.3) is 11.3 Å². The largest absolute Gasteiger partial charge is 0.454 e. The van der Waals surface area contributed by atoms with Crippen molar-refractivity contribution in [2.24, 2.45) is 0 Å². The van der Waals surface area contributed by atoms with E-state index in [-0.39, 0.29) is 24.8 Å². The molecular weight excluding hydrogens is 358 g/mol. The first-order valence-corrected chi connectivity index (χ1v) is 9.00. The van der Waals surface area contributed by atoms with Crippen molar-refractivity contribution in [1.29, 1.82) is 0 Å². The van der Waals surface area contributed by atoms with Crippen LogP contribution in [0.5, 0.6) is 11.5 Å². The number of ether oxygens (including phenoxy) is 2. The van der Waals surface area contributed by atoms with Gasteiger partial charge in [0.25, 0.3) is 5.56 Å². The molecule has 28 heavy (non-hydrogen) atoms. The second kappa shape index (κ2) is 7.56. The maximum atomic E-state index is 12.5. The van der Waals surface area contributed by atoms with Crippen molar-refractivity contribution in [2.75, 3.05) is 12.1 Å². The van der Waals surface area contributed by atoms with Crippen molar-refractivity contribution in [2.45, 2.75) is 19.9 Å². The van der Waals surface area contributed by atoms with Gasteiger partial charge in [-0.25, -0.2) is 4.68 Å². The van der Waals surface area contributed by atoms with Crippen LogP contribution in [0, 0.1) is 0 Å². The summed E-state index contributed by atoms with van der Waals surface area (Å²) in [5.41, 5.74) is 2.78. The molecule has 7 heteroatoms. The Kier molecular flexibility index (Phi) is 4.80. The number of hydrogen-bond donors (Lipinski definition) is 1. The molecule has 0 aliphatic carbocycles. The lowest BCUT2D eigenvalue weighted by Gasteiger charge is -2.11. The van der Waals surface area contributed by atoms with Gasteiger partial charge in [-0.05, 0) is 42.3 Å². The monoisotopic (exact) mass is 377 g/mol. The van der Waals surface area contributed by atoms with Crippen molar-refractivity contribution < 1.29 is 14.3 Å². The first-order chi connectivity index (χ1) is 13.6. The number of hydrogen-bond acceptors (Lipinski definition) is 5. The number of rotatable bonds is 5. The third kappa shape index (κ3) is 3.59. The minimum Gasteiger partial charge on any atom is -0.454 e. The lowest BCUT2D eigenvalue weighted by molar-refractivity contribution is -0.117. The summed E-state index contributed by atoms with van der Waals surface area (Å²) in [5.74, 6) is 0.996. The summed E-state index contributed by atoms with van der Waals surface area (Å²) < 4.78 is 11.9. The molecule has 0 bridgehead atoms. The standard InChI is InChI=1S/C21H19N3O4/c1-2-14-5-3-4-6-16(14)22-20(25)12-24-21(26)10-8-17(23-24)15-7-9-18-19(11-15)28-13-27-18/h3-11H,2,12-13H2,1H3,(H,22,25). The number of aryl methyl sites for hydroxylation is 1. The van der Waals surface area contributed by atoms with Gasteiger partial charge in [0.15, 0.2) is 11.5 Å². The van der Waals surface area contributed by atoms with E-state index in [0.717, 1.165) is 27.9 Å². The highest BCUT2D eigenvalue weighted by molar-refractivity contribution is 5.91. The van der Waals surface area contributed by atoms with E-state index in [1.54, 1.807) is 18.2 Å². The molecule has 3 aromatic rings. The van der Waals surface area contributed by atoms with Crippen LogP contribution in [0.1, 0.15) is 12.5 Å². The summed E-state index contributed by atoms with van der Waals surface area (Å²) in [6.45, 7) is 2.03. The molecule has 1 aromatic heterocycles. The number of carbonyl (C=O) groups excluding carboxylic acids is 1. The van der Waals surface area contributed by atoms with Crippen molar-refractivity contribution >= 4 is 11.6 Å². The lowest BCUT2D eigenvalue weighted by atomic mass is 10.1. The van der Waals surface area contributed by atoms with E-state index < -0.39 is 0 Å². The molecule has 0 saturated carbocycles. The molecule has 0 saturated heterocycles. The van der Waals surface area contributed by atoms with Crippen LogP contribution in [0.2, 0.25) is 0 Å². The van der Waals surface area contributed by atoms with Gasteiger partial charge in [-0.1, -0.05) is 25.1 Å². The van der Waals surface area contributed by atoms with Crippen LogP contribution in [0.4, 0.5) is 5.69 Å². The smallest absolute Gasteiger partial charge is 0.267 e. The highest BCUT2D eigenvalue weighted by Crippen LogP contribution is 2.35. The van der Waals surface area contributed by atoms with Gasteiger partial charge in [0.05, 0.1) is 5.69 Å². The quantitative estimate of drug-likeness (QED) is 0.739. The normalized spacial score (nSPS) is 12.0. The number of fused-ring (bicyclic) bond motifs is 1. The summed E-state index contributed by atoms with van der Waals surface area (Å²) in [7, 11) is 0. The number of amides is 1. The Morgan fingerprint density at radius 2 is 1.93 bits per heavy atom. The minimum absolute atomic E-state index is 0.171. The summed E-state index contributed by atoms with van der Waals surface area (Å²) in [6.07, 6.45) is 0.800. The maximum absolute atomic E-state index is 12.5. The predicted octanol–water partition coefficient (Wildman–Crippen LogP) is 2.84. The van der Waals surface area contributed by atoms with Crippen LogP contribution in [-0.2, 0) is 17.8 Å². The maximum Gasteiger partial charge on any atom is 0.267 e. The fourth-order valence-corrected chi connectivity index (χ4v) is 3.05. The average Bonchev–Trinajstić information content (AvgIpc) is 3.18. The molecule has 1 aliphatic heterocycles. The Labute approximate surface area is 161 Å². The highest BCUT2D eigenvalue weighted by Gasteiger charge is 2.15. The van der Waals surface area contributed by atoms with Gasteiger partial charge in [-0.3, -0.25) is 9.59 Å². The number of nitrogens with one attached hydrogen (secondary N) is 1. The zero-order chi connectivity index (χ0) is 19.5. The van der Waals surface area contributed by atoms with Gasteiger partial charge in [-0.15, -0.1) is 0 Å². The Balaban J connectivity index is 1.56. The van der Waals surface area contributed by atoms with Crippen LogP contribution in [0.15, 0.2) is 59.4 Å². The molecule has 142 valence electrons. The topological polar surface area (TPSA) is 82.5 Å². The molecule has 0 unspecified atom stereocenters. The molecule has 0 fully saturated rings. The fourth-order valence-electron chi connectivity index (χ4n) is 3.05. The van der Waals surface area contributed by atoms with Crippen molar-refractivity contribution in [3.05, 3.63) is 70.5 Å². The van der Waals surface area contributed by atoms with E-state index in [1.165, 1.54) is 6.07 Å². The first-order valence-electron chi connectivity index (χ1n) is 9.00. The zero-order valence-corrected chi connectivity index (χ0v) is 15.3. The van der Waals surface area contributed by atoms with E-state index in [4.69, 9.17) is 9.47 Å². The summed E-state index contributed by atoms with van der Waals surface area (Å²) in [4.78, 5) is 24.6. The SMILES string of the molecule is CCc1ccccc1NC(=O)Cn1nc(-c2ccc3c(c2)OCO3)ccc1=O. The molecular formula is C21H19N3O4. The van der Waals surface area contributed by atoms with Crippen LogP contribution < -0.4 is 20.3 Å². The summed E-state index contributed by atoms with van der Waals surface area (Å²) >= 11 is 0. The van der Waals surface area contributed by atoms with E-state index in [9.17, 15) is 9.59 Å². The van der Waals surface area contributed by atoms with Crippen LogP contribution in [0.3, 0.4) is 0 Å². The predicted molar refractivity (Wildman–Crippen MR) is 105 cm³/mol. The highest BCUT2D eigenvalue weighted by atomic mass is 16.7. The number of anilines is 1. The number of para-hydroxylation sites is 1. The van der Waals surface area contributed by atoms with E-state index >= 15 is 0 Å². The molecule has 1 N–H and O–H groups in total. The van der Waals surface area contributed by atoms with E-state index in [0.29, 0.717) is 17.2 Å². The summed E-state index contributed by atoms with van der Waals surface area (Å²) in [5, 5.41) is 7.19. The molecule has 7 nitrogen and oxygen atoms in total. The summed E-state index contributed by atoms with van der Waals surface area (Å²) in [6, 6.07) is 16.1. The third-order valence-corrected chi connectivity index (χ3v) is 4.50. The van der Waals surface area contributed by atoms with Gasteiger partial charge >= 0.3 is 0 Å². The van der Waals surface area contributed by atoms with Crippen LogP contribution in [-0.4, -0.2) is 22.5 Å². The Hall–Kier alpha value is -3.61. The van der Waals surface area contributed by atoms with Crippen molar-refractivity contribution in [3.63, 3.8) is 0 Å². The Bertz CT molecular complexity index is 1090. The average molecular weight is 377 g/mol. The number of nitrogens with zero attached hydrogens (tertiary/aromatic N) is 2. The number of carbonyl (C=O) groups is 1. The van der Waals surface area contributed by atoms with Gasteiger partial charge in [0, 0.05) is 17.3 Å². The molecule has 2 aromatic carbocycles. The molecule has 1 aliphatic rings. The molecule has 4 rings (SSSR count). The first kappa shape index (κ1) is 17.8. The third-order valence-electron chi connectivity index (χ3n) is 4.50. The molecule has 0 atom stereocenters. The number of benzene rings is 2. The van der Waals surface area contributed by atoms with E-state index in [1.807, 2.05) is 37.3 Å².